The molecule has 0 amide bonds. The van der Waals surface area contributed by atoms with Crippen LogP contribution in [0.3, 0.4) is 0 Å². The fourth-order valence-electron chi connectivity index (χ4n) is 2.20. The molecule has 0 radical (unpaired) electrons. The van der Waals surface area contributed by atoms with Gasteiger partial charge in [0.25, 0.3) is 0 Å². The van der Waals surface area contributed by atoms with Crippen LogP contribution >= 0.6 is 0 Å². The summed E-state index contributed by atoms with van der Waals surface area (Å²) in [6.07, 6.45) is 2.23. The van der Waals surface area contributed by atoms with Crippen molar-refractivity contribution in [2.24, 2.45) is 0 Å². The molecule has 0 bridgehead atoms. The molecule has 82 valence electrons. The van der Waals surface area contributed by atoms with Crippen molar-refractivity contribution >= 4 is 10.8 Å². The summed E-state index contributed by atoms with van der Waals surface area (Å²) in [4.78, 5) is 0. The molecule has 0 saturated heterocycles. The molecule has 1 heterocycles. The number of ether oxygens (including phenoxy) is 2. The number of hydrogen-bond donors (Lipinski definition) is 0. The van der Waals surface area contributed by atoms with Crippen molar-refractivity contribution in [1.82, 2.24) is 0 Å². The summed E-state index contributed by atoms with van der Waals surface area (Å²) in [6.45, 7) is 0.842. The number of hydrogen-bond acceptors (Lipinski definition) is 2. The van der Waals surface area contributed by atoms with E-state index in [4.69, 9.17) is 9.47 Å². The maximum atomic E-state index is 5.66. The normalized spacial score (nSPS) is 14.3. The minimum absolute atomic E-state index is 0.842. The minimum atomic E-state index is 0.842. The molecule has 0 aromatic heterocycles. The first-order chi connectivity index (χ1) is 7.86. The molecule has 1 aliphatic heterocycles. The molecule has 1 aliphatic rings. The zero-order chi connectivity index (χ0) is 11.0. The lowest BCUT2D eigenvalue weighted by Crippen LogP contribution is -2.07. The maximum absolute atomic E-state index is 5.66. The molecule has 0 saturated carbocycles. The van der Waals surface area contributed by atoms with Gasteiger partial charge in [-0.2, -0.15) is 0 Å². The summed E-state index contributed by atoms with van der Waals surface area (Å²) in [5.74, 6) is 1.95. The average Bonchev–Trinajstić information content (AvgIpc) is 2.35. The lowest BCUT2D eigenvalue weighted by molar-refractivity contribution is 0.289. The zero-order valence-electron chi connectivity index (χ0n) is 9.32. The van der Waals surface area contributed by atoms with E-state index in [0.29, 0.717) is 0 Å². The van der Waals surface area contributed by atoms with Crippen molar-refractivity contribution < 1.29 is 9.47 Å². The number of rotatable bonds is 1. The van der Waals surface area contributed by atoms with Crippen molar-refractivity contribution in [3.05, 3.63) is 35.9 Å². The predicted molar refractivity (Wildman–Crippen MR) is 64.3 cm³/mol. The van der Waals surface area contributed by atoms with Crippen molar-refractivity contribution in [3.63, 3.8) is 0 Å². The van der Waals surface area contributed by atoms with Gasteiger partial charge in [0.05, 0.1) is 13.7 Å². The third-order valence-electron chi connectivity index (χ3n) is 3.07. The first-order valence-electron chi connectivity index (χ1n) is 5.60. The van der Waals surface area contributed by atoms with Gasteiger partial charge in [-0.3, -0.25) is 0 Å². The van der Waals surface area contributed by atoms with Gasteiger partial charge in [0.1, 0.15) is 11.5 Å². The molecule has 2 nitrogen and oxygen atoms in total. The molecule has 3 rings (SSSR count). The van der Waals surface area contributed by atoms with Crippen molar-refractivity contribution in [3.8, 4) is 11.5 Å². The number of methoxy groups -OCH3 is 1. The van der Waals surface area contributed by atoms with Crippen LogP contribution in [0.1, 0.15) is 12.0 Å². The van der Waals surface area contributed by atoms with E-state index >= 15 is 0 Å². The van der Waals surface area contributed by atoms with Crippen LogP contribution in [0.5, 0.6) is 11.5 Å². The van der Waals surface area contributed by atoms with Gasteiger partial charge in [-0.25, -0.2) is 0 Å². The summed E-state index contributed by atoms with van der Waals surface area (Å²) in [6, 6.07) is 10.5. The highest BCUT2D eigenvalue weighted by Gasteiger charge is 2.11. The largest absolute Gasteiger partial charge is 0.497 e. The smallest absolute Gasteiger partial charge is 0.123 e. The van der Waals surface area contributed by atoms with Crippen molar-refractivity contribution in [2.45, 2.75) is 12.8 Å². The van der Waals surface area contributed by atoms with Crippen LogP contribution in [0.2, 0.25) is 0 Å². The van der Waals surface area contributed by atoms with Crippen LogP contribution in [0.25, 0.3) is 10.8 Å². The van der Waals surface area contributed by atoms with Gasteiger partial charge in [-0.15, -0.1) is 0 Å². The molecule has 2 aromatic carbocycles. The minimum Gasteiger partial charge on any atom is -0.497 e. The van der Waals surface area contributed by atoms with E-state index in [9.17, 15) is 0 Å². The van der Waals surface area contributed by atoms with Gasteiger partial charge >= 0.3 is 0 Å². The lowest BCUT2D eigenvalue weighted by atomic mass is 10.0. The Kier molecular flexibility index (Phi) is 2.21. The molecule has 0 N–H and O–H groups in total. The topological polar surface area (TPSA) is 18.5 Å². The Labute approximate surface area is 94.8 Å². The van der Waals surface area contributed by atoms with Crippen molar-refractivity contribution in [2.75, 3.05) is 13.7 Å². The second kappa shape index (κ2) is 3.71. The Morgan fingerprint density at radius 2 is 2.06 bits per heavy atom. The van der Waals surface area contributed by atoms with E-state index in [2.05, 4.69) is 24.3 Å². The summed E-state index contributed by atoms with van der Waals surface area (Å²) < 4.78 is 10.9. The summed E-state index contributed by atoms with van der Waals surface area (Å²) in [5.41, 5.74) is 1.31. The Morgan fingerprint density at radius 3 is 2.94 bits per heavy atom. The van der Waals surface area contributed by atoms with Crippen LogP contribution in [0.15, 0.2) is 30.3 Å². The highest BCUT2D eigenvalue weighted by Crippen LogP contribution is 2.31. The van der Waals surface area contributed by atoms with Crippen LogP contribution < -0.4 is 9.47 Å². The number of fused-ring (bicyclic) bond motifs is 2. The van der Waals surface area contributed by atoms with E-state index in [0.717, 1.165) is 30.9 Å². The second-order valence-corrected chi connectivity index (χ2v) is 4.13. The molecule has 2 aromatic rings. The van der Waals surface area contributed by atoms with Gasteiger partial charge in [0.15, 0.2) is 0 Å². The van der Waals surface area contributed by atoms with Gasteiger partial charge in [0, 0.05) is 0 Å². The number of benzene rings is 2. The number of aryl methyl sites for hydroxylation is 1. The maximum Gasteiger partial charge on any atom is 0.123 e. The molecule has 0 atom stereocenters. The molecule has 0 spiro atoms. The Balaban J connectivity index is 2.19. The molecule has 0 unspecified atom stereocenters. The molecule has 2 heteroatoms. The van der Waals surface area contributed by atoms with Gasteiger partial charge in [-0.1, -0.05) is 6.07 Å². The molecule has 0 fully saturated rings. The van der Waals surface area contributed by atoms with E-state index in [1.54, 1.807) is 7.11 Å². The molecular formula is C14H14O2. The Morgan fingerprint density at radius 1 is 1.12 bits per heavy atom. The summed E-state index contributed by atoms with van der Waals surface area (Å²) in [5, 5.41) is 2.44. The summed E-state index contributed by atoms with van der Waals surface area (Å²) >= 11 is 0. The monoisotopic (exact) mass is 214 g/mol. The lowest BCUT2D eigenvalue weighted by Gasteiger charge is -2.18. The van der Waals surface area contributed by atoms with Gasteiger partial charge in [0.2, 0.25) is 0 Å². The van der Waals surface area contributed by atoms with E-state index in [-0.39, 0.29) is 0 Å². The average molecular weight is 214 g/mol. The van der Waals surface area contributed by atoms with E-state index in [1.165, 1.54) is 16.3 Å². The van der Waals surface area contributed by atoms with Gasteiger partial charge < -0.3 is 9.47 Å². The Bertz CT molecular complexity index is 531. The van der Waals surface area contributed by atoms with Gasteiger partial charge in [-0.05, 0) is 53.4 Å². The highest BCUT2D eigenvalue weighted by molar-refractivity contribution is 5.86. The highest BCUT2D eigenvalue weighted by atomic mass is 16.5. The Hall–Kier alpha value is -1.70. The first-order valence-corrected chi connectivity index (χ1v) is 5.60. The zero-order valence-corrected chi connectivity index (χ0v) is 9.32. The van der Waals surface area contributed by atoms with E-state index < -0.39 is 0 Å². The fourth-order valence-corrected chi connectivity index (χ4v) is 2.20. The molecule has 16 heavy (non-hydrogen) atoms. The van der Waals surface area contributed by atoms with Crippen LogP contribution in [-0.2, 0) is 6.42 Å². The third kappa shape index (κ3) is 1.51. The van der Waals surface area contributed by atoms with Crippen molar-refractivity contribution in [1.29, 1.82) is 0 Å². The standard InChI is InChI=1S/C14H14O2/c1-15-13-5-4-10-9-14-11(3-2-6-16-14)7-12(10)8-13/h4-5,7-9H,2-3,6H2,1H3. The molecule has 0 aliphatic carbocycles. The van der Waals surface area contributed by atoms with Crippen LogP contribution in [0, 0.1) is 0 Å². The molecular weight excluding hydrogens is 200 g/mol. The third-order valence-corrected chi connectivity index (χ3v) is 3.07. The quantitative estimate of drug-likeness (QED) is 0.726. The van der Waals surface area contributed by atoms with E-state index in [1.807, 2.05) is 6.07 Å². The van der Waals surface area contributed by atoms with Crippen LogP contribution in [-0.4, -0.2) is 13.7 Å². The fraction of sp³-hybridized carbons (Fsp3) is 0.286. The van der Waals surface area contributed by atoms with Crippen LogP contribution in [0.4, 0.5) is 0 Å². The predicted octanol–water partition coefficient (Wildman–Crippen LogP) is 3.17. The SMILES string of the molecule is COc1ccc2cc3c(cc2c1)CCCO3. The first kappa shape index (κ1) is 9.52. The summed E-state index contributed by atoms with van der Waals surface area (Å²) in [7, 11) is 1.70. The second-order valence-electron chi connectivity index (χ2n) is 4.13.